The number of aromatic nitrogens is 3. The zero-order chi connectivity index (χ0) is 17.8. The number of nitrogens with one attached hydrogen (secondary N) is 1. The third kappa shape index (κ3) is 2.13. The maximum absolute atomic E-state index is 13.0. The number of pyridine rings is 1. The van der Waals surface area contributed by atoms with Crippen LogP contribution in [0.4, 0.5) is 5.69 Å². The molecule has 0 saturated carbocycles. The molecule has 6 nitrogen and oxygen atoms in total. The van der Waals surface area contributed by atoms with Crippen LogP contribution >= 0.6 is 11.3 Å². The van der Waals surface area contributed by atoms with Crippen LogP contribution in [0.25, 0.3) is 15.9 Å². The average molecular weight is 363 g/mol. The van der Waals surface area contributed by atoms with E-state index in [1.807, 2.05) is 29.5 Å². The highest BCUT2D eigenvalue weighted by molar-refractivity contribution is 7.21. The Labute approximate surface area is 153 Å². The Morgan fingerprint density at radius 3 is 3.12 bits per heavy atom. The summed E-state index contributed by atoms with van der Waals surface area (Å²) in [5.74, 6) is -0.119. The molecule has 1 amide bonds. The summed E-state index contributed by atoms with van der Waals surface area (Å²) in [7, 11) is 0. The lowest BCUT2D eigenvalue weighted by Crippen LogP contribution is -2.27. The monoisotopic (exact) mass is 363 g/mol. The van der Waals surface area contributed by atoms with E-state index in [2.05, 4.69) is 27.6 Å². The second-order valence-corrected chi connectivity index (χ2v) is 7.67. The van der Waals surface area contributed by atoms with Gasteiger partial charge in [-0.05, 0) is 42.5 Å². The number of anilines is 1. The van der Waals surface area contributed by atoms with E-state index in [4.69, 9.17) is 5.73 Å². The molecule has 1 aromatic carbocycles. The number of nitrogens with zero attached hydrogens (tertiary/aromatic N) is 3. The predicted molar refractivity (Wildman–Crippen MR) is 102 cm³/mol. The normalized spacial score (nSPS) is 16.3. The second kappa shape index (κ2) is 5.54. The fourth-order valence-corrected chi connectivity index (χ4v) is 5.02. The van der Waals surface area contributed by atoms with Crippen molar-refractivity contribution in [3.63, 3.8) is 0 Å². The Bertz CT molecular complexity index is 1180. The molecule has 26 heavy (non-hydrogen) atoms. The summed E-state index contributed by atoms with van der Waals surface area (Å²) in [6, 6.07) is 10.3. The zero-order valence-electron chi connectivity index (χ0n) is 14.2. The minimum Gasteiger partial charge on any atom is -0.397 e. The van der Waals surface area contributed by atoms with Gasteiger partial charge in [0.2, 0.25) is 0 Å². The average Bonchev–Trinajstić information content (AvgIpc) is 3.33. The van der Waals surface area contributed by atoms with Gasteiger partial charge in [0, 0.05) is 5.39 Å². The highest BCUT2D eigenvalue weighted by Crippen LogP contribution is 2.37. The number of hydrogen-bond acceptors (Lipinski definition) is 5. The summed E-state index contributed by atoms with van der Waals surface area (Å²) >= 11 is 1.39. The zero-order valence-corrected chi connectivity index (χ0v) is 15.0. The molecule has 3 heterocycles. The molecular weight excluding hydrogens is 346 g/mol. The molecule has 3 N–H and O–H groups in total. The third-order valence-electron chi connectivity index (χ3n) is 5.10. The summed E-state index contributed by atoms with van der Waals surface area (Å²) < 4.78 is 1.88. The molecule has 0 fully saturated rings. The van der Waals surface area contributed by atoms with Gasteiger partial charge in [-0.15, -0.1) is 21.5 Å². The molecule has 0 bridgehead atoms. The maximum atomic E-state index is 13.0. The van der Waals surface area contributed by atoms with Gasteiger partial charge in [-0.1, -0.05) is 24.3 Å². The first kappa shape index (κ1) is 15.3. The molecule has 3 aromatic heterocycles. The van der Waals surface area contributed by atoms with E-state index >= 15 is 0 Å². The summed E-state index contributed by atoms with van der Waals surface area (Å²) in [5.41, 5.74) is 11.2. The van der Waals surface area contributed by atoms with Crippen molar-refractivity contribution in [2.45, 2.75) is 25.8 Å². The van der Waals surface area contributed by atoms with Crippen molar-refractivity contribution in [3.8, 4) is 0 Å². The number of fused-ring (bicyclic) bond motifs is 4. The van der Waals surface area contributed by atoms with Crippen molar-refractivity contribution in [3.05, 3.63) is 58.2 Å². The highest BCUT2D eigenvalue weighted by atomic mass is 32.1. The largest absolute Gasteiger partial charge is 0.397 e. The van der Waals surface area contributed by atoms with Crippen molar-refractivity contribution in [2.75, 3.05) is 5.73 Å². The van der Waals surface area contributed by atoms with Crippen LogP contribution in [0.1, 0.15) is 38.8 Å². The molecule has 1 aliphatic carbocycles. The second-order valence-electron chi connectivity index (χ2n) is 6.68. The summed E-state index contributed by atoms with van der Waals surface area (Å²) in [5, 5.41) is 12.1. The van der Waals surface area contributed by atoms with E-state index in [1.165, 1.54) is 22.5 Å². The Hall–Kier alpha value is -2.93. The Morgan fingerprint density at radius 1 is 1.38 bits per heavy atom. The first-order chi connectivity index (χ1) is 12.6. The Kier molecular flexibility index (Phi) is 3.27. The first-order valence-corrected chi connectivity index (χ1v) is 9.35. The van der Waals surface area contributed by atoms with E-state index in [0.29, 0.717) is 10.6 Å². The third-order valence-corrected chi connectivity index (χ3v) is 6.31. The molecular formula is C19H17N5OS. The van der Waals surface area contributed by atoms with Gasteiger partial charge in [-0.3, -0.25) is 9.20 Å². The maximum Gasteiger partial charge on any atom is 0.264 e. The molecule has 0 unspecified atom stereocenters. The van der Waals surface area contributed by atoms with E-state index in [1.54, 1.807) is 6.33 Å². The van der Waals surface area contributed by atoms with E-state index in [0.717, 1.165) is 34.3 Å². The highest BCUT2D eigenvalue weighted by Gasteiger charge is 2.26. The number of thiophene rings is 1. The van der Waals surface area contributed by atoms with Crippen molar-refractivity contribution in [1.82, 2.24) is 19.9 Å². The smallest absolute Gasteiger partial charge is 0.264 e. The Balaban J connectivity index is 1.56. The van der Waals surface area contributed by atoms with Crippen LogP contribution in [-0.2, 0) is 6.42 Å². The predicted octanol–water partition coefficient (Wildman–Crippen LogP) is 3.25. The standard InChI is InChI=1S/C19H17N5OS/c1-10-8-14-23-21-9-24(14)19-15(10)16(20)17(26-19)18(25)22-13-7-6-11-4-2-3-5-12(11)13/h2-5,8-9,13H,6-7,20H2,1H3,(H,22,25)/t13-/m0/s1. The number of carbonyl (C=O) groups excluding carboxylic acids is 1. The molecule has 0 spiro atoms. The van der Waals surface area contributed by atoms with Crippen LogP contribution in [0.2, 0.25) is 0 Å². The van der Waals surface area contributed by atoms with Crippen molar-refractivity contribution in [2.24, 2.45) is 0 Å². The molecule has 1 aliphatic rings. The van der Waals surface area contributed by atoms with Crippen LogP contribution in [0.3, 0.4) is 0 Å². The number of hydrogen-bond donors (Lipinski definition) is 2. The number of nitrogens with two attached hydrogens (primary N) is 1. The minimum absolute atomic E-state index is 0.0411. The lowest BCUT2D eigenvalue weighted by molar-refractivity contribution is 0.0941. The SMILES string of the molecule is Cc1cc2nncn2c2sc(C(=O)N[C@H]3CCc4ccccc43)c(N)c12. The number of carbonyl (C=O) groups is 1. The molecule has 1 atom stereocenters. The van der Waals surface area contributed by atoms with Gasteiger partial charge in [-0.25, -0.2) is 0 Å². The molecule has 0 saturated heterocycles. The van der Waals surface area contributed by atoms with Crippen LogP contribution < -0.4 is 11.1 Å². The van der Waals surface area contributed by atoms with Gasteiger partial charge in [0.1, 0.15) is 16.0 Å². The minimum atomic E-state index is -0.119. The van der Waals surface area contributed by atoms with E-state index in [9.17, 15) is 4.79 Å². The topological polar surface area (TPSA) is 85.3 Å². The Morgan fingerprint density at radius 2 is 2.23 bits per heavy atom. The van der Waals surface area contributed by atoms with E-state index in [-0.39, 0.29) is 11.9 Å². The van der Waals surface area contributed by atoms with Crippen LogP contribution in [0, 0.1) is 6.92 Å². The number of nitrogen functional groups attached to an aromatic ring is 1. The van der Waals surface area contributed by atoms with Gasteiger partial charge >= 0.3 is 0 Å². The lowest BCUT2D eigenvalue weighted by Gasteiger charge is -2.13. The fourth-order valence-electron chi connectivity index (χ4n) is 3.85. The van der Waals surface area contributed by atoms with Gasteiger partial charge in [0.05, 0.1) is 11.7 Å². The summed E-state index contributed by atoms with van der Waals surface area (Å²) in [6.45, 7) is 1.98. The summed E-state index contributed by atoms with van der Waals surface area (Å²) in [6.07, 6.45) is 3.57. The van der Waals surface area contributed by atoms with Gasteiger partial charge in [0.25, 0.3) is 5.91 Å². The van der Waals surface area contributed by atoms with Crippen molar-refractivity contribution < 1.29 is 4.79 Å². The molecule has 4 aromatic rings. The number of rotatable bonds is 2. The van der Waals surface area contributed by atoms with Crippen LogP contribution in [0.15, 0.2) is 36.7 Å². The first-order valence-electron chi connectivity index (χ1n) is 8.53. The van der Waals surface area contributed by atoms with Gasteiger partial charge in [-0.2, -0.15) is 0 Å². The molecule has 5 rings (SSSR count). The van der Waals surface area contributed by atoms with Crippen LogP contribution in [-0.4, -0.2) is 20.5 Å². The number of aryl methyl sites for hydroxylation is 2. The summed E-state index contributed by atoms with van der Waals surface area (Å²) in [4.78, 5) is 14.4. The molecule has 7 heteroatoms. The van der Waals surface area contributed by atoms with Crippen LogP contribution in [0.5, 0.6) is 0 Å². The number of benzene rings is 1. The fraction of sp³-hybridized carbons (Fsp3) is 0.211. The van der Waals surface area contributed by atoms with Crippen molar-refractivity contribution in [1.29, 1.82) is 0 Å². The van der Waals surface area contributed by atoms with E-state index < -0.39 is 0 Å². The van der Waals surface area contributed by atoms with Gasteiger partial charge in [0.15, 0.2) is 5.65 Å². The quantitative estimate of drug-likeness (QED) is 0.572. The van der Waals surface area contributed by atoms with Gasteiger partial charge < -0.3 is 11.1 Å². The van der Waals surface area contributed by atoms with Crippen molar-refractivity contribution >= 4 is 38.8 Å². The molecule has 0 aliphatic heterocycles. The molecule has 130 valence electrons. The number of amides is 1. The lowest BCUT2D eigenvalue weighted by atomic mass is 10.1. The molecule has 0 radical (unpaired) electrons.